The third-order valence-electron chi connectivity index (χ3n) is 4.20. The van der Waals surface area contributed by atoms with Gasteiger partial charge in [0.2, 0.25) is 0 Å². The molecular weight excluding hydrogens is 328 g/mol. The van der Waals surface area contributed by atoms with Crippen molar-refractivity contribution in [1.29, 1.82) is 0 Å². The van der Waals surface area contributed by atoms with E-state index in [0.717, 1.165) is 27.6 Å². The first kappa shape index (κ1) is 16.7. The summed E-state index contributed by atoms with van der Waals surface area (Å²) in [6.07, 6.45) is 8.26. The molecule has 4 rings (SSSR count). The van der Waals surface area contributed by atoms with Gasteiger partial charge in [-0.2, -0.15) is 0 Å². The lowest BCUT2D eigenvalue weighted by molar-refractivity contribution is 1.26. The molecule has 2 aromatic heterocycles. The normalized spacial score (nSPS) is 11.6. The zero-order valence-corrected chi connectivity index (χ0v) is 14.9. The number of H-pyrrole nitrogens is 2. The molecule has 0 aliphatic heterocycles. The molecule has 2 heteroatoms. The van der Waals surface area contributed by atoms with Gasteiger partial charge in [-0.05, 0) is 53.6 Å². The molecule has 2 aromatic carbocycles. The Hall–Kier alpha value is -3.74. The Morgan fingerprint density at radius 1 is 0.593 bits per heavy atom. The fourth-order valence-electron chi connectivity index (χ4n) is 2.82. The molecule has 0 saturated heterocycles. The maximum absolute atomic E-state index is 3.41. The highest BCUT2D eigenvalue weighted by Crippen LogP contribution is 2.08. The summed E-state index contributed by atoms with van der Waals surface area (Å²) >= 11 is 0. The van der Waals surface area contributed by atoms with Gasteiger partial charge in [0, 0.05) is 16.7 Å². The highest BCUT2D eigenvalue weighted by molar-refractivity contribution is 5.68. The Labute approximate surface area is 158 Å². The van der Waals surface area contributed by atoms with E-state index in [1.165, 1.54) is 5.56 Å². The summed E-state index contributed by atoms with van der Waals surface area (Å²) in [7, 11) is 0. The number of benzene rings is 2. The van der Waals surface area contributed by atoms with Crippen LogP contribution in [0, 0.1) is 0 Å². The Bertz CT molecular complexity index is 1190. The average molecular weight is 348 g/mol. The molecule has 0 saturated carbocycles. The average Bonchev–Trinajstić information content (AvgIpc) is 3.36. The van der Waals surface area contributed by atoms with Gasteiger partial charge in [-0.3, -0.25) is 0 Å². The first-order valence-corrected chi connectivity index (χ1v) is 8.96. The number of hydrogen-bond acceptors (Lipinski definition) is 0. The maximum atomic E-state index is 3.41. The minimum atomic E-state index is 0.959. The molecule has 0 fully saturated rings. The first-order valence-electron chi connectivity index (χ1n) is 8.96. The fourth-order valence-corrected chi connectivity index (χ4v) is 2.82. The number of aromatic nitrogens is 2. The predicted octanol–water partition coefficient (Wildman–Crippen LogP) is 4.43. The van der Waals surface area contributed by atoms with Crippen LogP contribution in [0.5, 0.6) is 0 Å². The summed E-state index contributed by atoms with van der Waals surface area (Å²) in [6.45, 7) is 0. The van der Waals surface area contributed by atoms with Crippen molar-refractivity contribution in [3.8, 4) is 0 Å². The van der Waals surface area contributed by atoms with Crippen LogP contribution in [-0.2, 0) is 0 Å². The zero-order chi connectivity index (χ0) is 18.3. The second kappa shape index (κ2) is 8.09. The summed E-state index contributed by atoms with van der Waals surface area (Å²) in [4.78, 5) is 6.77. The highest BCUT2D eigenvalue weighted by atomic mass is 14.7. The molecule has 2 nitrogen and oxygen atoms in total. The molecule has 27 heavy (non-hydrogen) atoms. The van der Waals surface area contributed by atoms with Crippen molar-refractivity contribution in [3.63, 3.8) is 0 Å². The summed E-state index contributed by atoms with van der Waals surface area (Å²) in [5, 5.41) is 2.00. The fraction of sp³-hybridized carbons (Fsp3) is 0. The third-order valence-corrected chi connectivity index (χ3v) is 4.20. The standard InChI is InChI=1S/C25H20N2/c1-3-7-20(8-4-1)11-13-22-15-17-24(26-22)19-25-18-16-23(27-25)14-12-21-9-5-2-6-10-21/h1-13,15-19,26-27H. The van der Waals surface area contributed by atoms with Gasteiger partial charge in [-0.15, -0.1) is 0 Å². The lowest BCUT2D eigenvalue weighted by Crippen LogP contribution is -2.07. The molecule has 0 radical (unpaired) electrons. The summed E-state index contributed by atoms with van der Waals surface area (Å²) < 4.78 is 0. The molecule has 0 unspecified atom stereocenters. The Morgan fingerprint density at radius 3 is 2.07 bits per heavy atom. The second-order valence-corrected chi connectivity index (χ2v) is 6.28. The molecule has 0 amide bonds. The van der Waals surface area contributed by atoms with Gasteiger partial charge in [0.05, 0.1) is 5.35 Å². The van der Waals surface area contributed by atoms with Crippen LogP contribution in [0.15, 0.2) is 84.9 Å². The molecule has 0 atom stereocenters. The molecule has 2 N–H and O–H groups in total. The molecule has 0 spiro atoms. The lowest BCUT2D eigenvalue weighted by Gasteiger charge is -1.91. The molecule has 0 aliphatic carbocycles. The van der Waals surface area contributed by atoms with Gasteiger partial charge in [-0.25, -0.2) is 0 Å². The third kappa shape index (κ3) is 4.66. The van der Waals surface area contributed by atoms with Crippen molar-refractivity contribution < 1.29 is 0 Å². The van der Waals surface area contributed by atoms with Crippen LogP contribution in [-0.4, -0.2) is 9.97 Å². The number of hydrogen-bond donors (Lipinski definition) is 2. The van der Waals surface area contributed by atoms with Crippen molar-refractivity contribution in [1.82, 2.24) is 9.97 Å². The van der Waals surface area contributed by atoms with Gasteiger partial charge in [0.1, 0.15) is 0 Å². The van der Waals surface area contributed by atoms with Crippen LogP contribution in [0.2, 0.25) is 0 Å². The number of nitrogens with one attached hydrogen (secondary N) is 2. The van der Waals surface area contributed by atoms with Crippen LogP contribution >= 0.6 is 0 Å². The molecule has 2 heterocycles. The summed E-state index contributed by atoms with van der Waals surface area (Å²) in [6, 6.07) is 28.7. The van der Waals surface area contributed by atoms with E-state index in [-0.39, 0.29) is 0 Å². The van der Waals surface area contributed by atoms with Gasteiger partial charge < -0.3 is 9.97 Å². The molecule has 0 aliphatic rings. The van der Waals surface area contributed by atoms with Gasteiger partial charge in [0.25, 0.3) is 0 Å². The van der Waals surface area contributed by atoms with Crippen LogP contribution in [0.25, 0.3) is 30.0 Å². The molecule has 130 valence electrons. The van der Waals surface area contributed by atoms with Crippen molar-refractivity contribution in [2.75, 3.05) is 0 Å². The first-order chi connectivity index (χ1) is 13.3. The SMILES string of the molecule is C(=Cc1ccccc1)=c1ccc(=Cc2ccc(C=Cc3ccccc3)[nH]2)[nH]1. The number of rotatable bonds is 4. The van der Waals surface area contributed by atoms with E-state index >= 15 is 0 Å². The largest absolute Gasteiger partial charge is 0.355 e. The monoisotopic (exact) mass is 348 g/mol. The van der Waals surface area contributed by atoms with E-state index in [1.54, 1.807) is 0 Å². The van der Waals surface area contributed by atoms with Crippen LogP contribution < -0.4 is 10.7 Å². The minimum absolute atomic E-state index is 0.959. The topological polar surface area (TPSA) is 31.6 Å². The molecule has 0 bridgehead atoms. The molecule has 4 aromatic rings. The quantitative estimate of drug-likeness (QED) is 0.547. The van der Waals surface area contributed by atoms with Gasteiger partial charge >= 0.3 is 0 Å². The highest BCUT2D eigenvalue weighted by Gasteiger charge is 1.93. The van der Waals surface area contributed by atoms with Gasteiger partial charge in [-0.1, -0.05) is 72.5 Å². The van der Waals surface area contributed by atoms with E-state index < -0.39 is 0 Å². The van der Waals surface area contributed by atoms with E-state index in [4.69, 9.17) is 0 Å². The predicted molar refractivity (Wildman–Crippen MR) is 114 cm³/mol. The van der Waals surface area contributed by atoms with Gasteiger partial charge in [0.15, 0.2) is 0 Å². The zero-order valence-electron chi connectivity index (χ0n) is 14.9. The van der Waals surface area contributed by atoms with E-state index in [1.807, 2.05) is 48.5 Å². The van der Waals surface area contributed by atoms with Crippen LogP contribution in [0.1, 0.15) is 22.5 Å². The Kier molecular flexibility index (Phi) is 5.01. The van der Waals surface area contributed by atoms with Crippen molar-refractivity contribution >= 4 is 30.0 Å². The number of aromatic amines is 2. The Morgan fingerprint density at radius 2 is 1.30 bits per heavy atom. The summed E-state index contributed by atoms with van der Waals surface area (Å²) in [5.74, 6) is 0. The minimum Gasteiger partial charge on any atom is -0.355 e. The maximum Gasteiger partial charge on any atom is 0.0818 e. The van der Waals surface area contributed by atoms with E-state index in [2.05, 4.69) is 76.4 Å². The lowest BCUT2D eigenvalue weighted by atomic mass is 10.2. The van der Waals surface area contributed by atoms with Crippen molar-refractivity contribution in [2.24, 2.45) is 0 Å². The van der Waals surface area contributed by atoms with E-state index in [0.29, 0.717) is 0 Å². The Balaban J connectivity index is 1.53. The molecular formula is C25H20N2. The van der Waals surface area contributed by atoms with Crippen LogP contribution in [0.4, 0.5) is 0 Å². The van der Waals surface area contributed by atoms with Crippen molar-refractivity contribution in [2.45, 2.75) is 0 Å². The van der Waals surface area contributed by atoms with Crippen LogP contribution in [0.3, 0.4) is 0 Å². The van der Waals surface area contributed by atoms with Crippen molar-refractivity contribution in [3.05, 3.63) is 118 Å². The van der Waals surface area contributed by atoms with E-state index in [9.17, 15) is 0 Å². The summed E-state index contributed by atoms with van der Waals surface area (Å²) in [5.41, 5.74) is 7.75. The smallest absolute Gasteiger partial charge is 0.0818 e. The second-order valence-electron chi connectivity index (χ2n) is 6.28.